The number of benzene rings is 2. The third-order valence-corrected chi connectivity index (χ3v) is 13.8. The number of rotatable bonds is 10. The van der Waals surface area contributed by atoms with Crippen molar-refractivity contribution in [2.24, 2.45) is 5.92 Å². The van der Waals surface area contributed by atoms with E-state index >= 15 is 0 Å². The van der Waals surface area contributed by atoms with E-state index in [2.05, 4.69) is 68.5 Å². The van der Waals surface area contributed by atoms with Gasteiger partial charge in [-0.3, -0.25) is 0 Å². The van der Waals surface area contributed by atoms with Gasteiger partial charge in [-0.05, 0) is 59.1 Å². The zero-order valence-corrected chi connectivity index (χ0v) is 22.4. The molecule has 0 nitrogen and oxygen atoms in total. The first kappa shape index (κ1) is 24.5. The molecule has 178 valence electrons. The summed E-state index contributed by atoms with van der Waals surface area (Å²) in [4.78, 5) is 0. The molecule has 0 bridgehead atoms. The minimum atomic E-state index is -0.992. The quantitative estimate of drug-likeness (QED) is 0.245. The molecule has 2 aromatic rings. The molecule has 1 spiro atoms. The molecular weight excluding hydrogens is 412 g/mol. The lowest BCUT2D eigenvalue weighted by Gasteiger charge is -2.41. The highest BCUT2D eigenvalue weighted by molar-refractivity contribution is 6.80. The standard InChI is InChI=1S/C32H46Si/c1-3-5-7-9-27-11-13-29(14-12-27)30-15-17-31(18-16-30)32-21-25-33(26-22-32)23-19-28(20-24-33)10-8-6-4-2/h11-18,21,28H,3-10,19-20,22-26H2,1-2H3. The van der Waals surface area contributed by atoms with Crippen molar-refractivity contribution in [1.82, 2.24) is 0 Å². The van der Waals surface area contributed by atoms with E-state index in [4.69, 9.17) is 0 Å². The van der Waals surface area contributed by atoms with Gasteiger partial charge >= 0.3 is 0 Å². The molecule has 0 aromatic heterocycles. The lowest BCUT2D eigenvalue weighted by Crippen LogP contribution is -2.39. The minimum absolute atomic E-state index is 0.992. The molecular formula is C32H46Si. The van der Waals surface area contributed by atoms with Gasteiger partial charge in [0.15, 0.2) is 0 Å². The zero-order valence-electron chi connectivity index (χ0n) is 21.4. The van der Waals surface area contributed by atoms with E-state index in [0.717, 1.165) is 5.92 Å². The monoisotopic (exact) mass is 458 g/mol. The van der Waals surface area contributed by atoms with E-state index < -0.39 is 8.07 Å². The molecule has 0 saturated carbocycles. The van der Waals surface area contributed by atoms with Crippen molar-refractivity contribution < 1.29 is 0 Å². The molecule has 0 N–H and O–H groups in total. The van der Waals surface area contributed by atoms with Crippen LogP contribution in [0.5, 0.6) is 0 Å². The van der Waals surface area contributed by atoms with Gasteiger partial charge in [0, 0.05) is 0 Å². The summed E-state index contributed by atoms with van der Waals surface area (Å²) in [6.07, 6.45) is 18.0. The molecule has 1 fully saturated rings. The topological polar surface area (TPSA) is 0 Å². The van der Waals surface area contributed by atoms with Crippen LogP contribution in [-0.4, -0.2) is 8.07 Å². The van der Waals surface area contributed by atoms with E-state index in [1.807, 2.05) is 0 Å². The third-order valence-electron chi connectivity index (χ3n) is 8.70. The number of allylic oxidation sites excluding steroid dienone is 2. The van der Waals surface area contributed by atoms with Crippen LogP contribution in [0.15, 0.2) is 54.6 Å². The van der Waals surface area contributed by atoms with Crippen LogP contribution >= 0.6 is 0 Å². The SMILES string of the molecule is CCCCCc1ccc(-c2ccc(C3=CC[Si]4(CC3)CCC(CCCCC)CC4)cc2)cc1. The van der Waals surface area contributed by atoms with Crippen LogP contribution in [0.25, 0.3) is 16.7 Å². The first-order valence-corrected chi connectivity index (χ1v) is 16.9. The van der Waals surface area contributed by atoms with Gasteiger partial charge in [-0.2, -0.15) is 0 Å². The van der Waals surface area contributed by atoms with Crippen LogP contribution in [-0.2, 0) is 6.42 Å². The fourth-order valence-corrected chi connectivity index (χ4v) is 11.1. The molecule has 0 atom stereocenters. The van der Waals surface area contributed by atoms with Gasteiger partial charge in [0.2, 0.25) is 0 Å². The van der Waals surface area contributed by atoms with E-state index in [1.54, 1.807) is 36.5 Å². The maximum atomic E-state index is 2.66. The highest BCUT2D eigenvalue weighted by Crippen LogP contribution is 2.45. The molecule has 1 heteroatoms. The second-order valence-electron chi connectivity index (χ2n) is 11.1. The molecule has 2 heterocycles. The molecule has 4 rings (SSSR count). The van der Waals surface area contributed by atoms with Crippen molar-refractivity contribution in [1.29, 1.82) is 0 Å². The van der Waals surface area contributed by atoms with E-state index in [1.165, 1.54) is 86.1 Å². The molecule has 0 unspecified atom stereocenters. The van der Waals surface area contributed by atoms with Gasteiger partial charge in [-0.1, -0.05) is 138 Å². The molecule has 33 heavy (non-hydrogen) atoms. The summed E-state index contributed by atoms with van der Waals surface area (Å²) in [5.74, 6) is 1.05. The van der Waals surface area contributed by atoms with Gasteiger partial charge in [0.1, 0.15) is 0 Å². The lowest BCUT2D eigenvalue weighted by atomic mass is 9.95. The Morgan fingerprint density at radius 1 is 0.697 bits per heavy atom. The van der Waals surface area contributed by atoms with Crippen molar-refractivity contribution in [2.75, 3.05) is 0 Å². The van der Waals surface area contributed by atoms with Gasteiger partial charge < -0.3 is 0 Å². The Labute approximate surface area is 204 Å². The Morgan fingerprint density at radius 3 is 1.91 bits per heavy atom. The summed E-state index contributed by atoms with van der Waals surface area (Å²) in [5.41, 5.74) is 7.26. The summed E-state index contributed by atoms with van der Waals surface area (Å²) in [6.45, 7) is 4.60. The van der Waals surface area contributed by atoms with Crippen LogP contribution in [0.3, 0.4) is 0 Å². The van der Waals surface area contributed by atoms with Crippen LogP contribution in [0, 0.1) is 5.92 Å². The first-order chi connectivity index (χ1) is 16.2. The summed E-state index contributed by atoms with van der Waals surface area (Å²) in [6, 6.07) is 24.9. The number of aryl methyl sites for hydroxylation is 1. The second kappa shape index (κ2) is 12.2. The van der Waals surface area contributed by atoms with E-state index in [-0.39, 0.29) is 0 Å². The summed E-state index contributed by atoms with van der Waals surface area (Å²) in [5, 5.41) is 0. The molecule has 0 radical (unpaired) electrons. The first-order valence-electron chi connectivity index (χ1n) is 14.1. The molecule has 2 aromatic carbocycles. The Hall–Kier alpha value is -1.60. The molecule has 1 saturated heterocycles. The highest BCUT2D eigenvalue weighted by atomic mass is 28.3. The zero-order chi connectivity index (χ0) is 22.9. The van der Waals surface area contributed by atoms with Gasteiger partial charge in [0.25, 0.3) is 0 Å². The number of hydrogen-bond acceptors (Lipinski definition) is 0. The van der Waals surface area contributed by atoms with E-state index in [0.29, 0.717) is 0 Å². The minimum Gasteiger partial charge on any atom is -0.0834 e. The van der Waals surface area contributed by atoms with Crippen molar-refractivity contribution >= 4 is 13.6 Å². The predicted molar refractivity (Wildman–Crippen MR) is 150 cm³/mol. The maximum absolute atomic E-state index is 2.66. The molecule has 0 aliphatic carbocycles. The van der Waals surface area contributed by atoms with E-state index in [9.17, 15) is 0 Å². The Bertz CT molecular complexity index is 866. The fourth-order valence-electron chi connectivity index (χ4n) is 6.24. The largest absolute Gasteiger partial charge is 0.0834 e. The van der Waals surface area contributed by atoms with Gasteiger partial charge in [-0.25, -0.2) is 0 Å². The molecule has 2 aliphatic heterocycles. The van der Waals surface area contributed by atoms with Crippen molar-refractivity contribution in [3.8, 4) is 11.1 Å². The molecule has 0 amide bonds. The number of hydrogen-bond donors (Lipinski definition) is 0. The maximum Gasteiger partial charge on any atom is 0.0577 e. The normalized spacial score (nSPS) is 23.0. The Morgan fingerprint density at radius 2 is 1.30 bits per heavy atom. The Balaban J connectivity index is 1.30. The lowest BCUT2D eigenvalue weighted by molar-refractivity contribution is 0.412. The second-order valence-corrected chi connectivity index (χ2v) is 16.0. The predicted octanol–water partition coefficient (Wildman–Crippen LogP) is 10.3. The van der Waals surface area contributed by atoms with Crippen LogP contribution in [0.4, 0.5) is 0 Å². The Kier molecular flexibility index (Phi) is 9.07. The van der Waals surface area contributed by atoms with Crippen molar-refractivity contribution in [3.05, 3.63) is 65.7 Å². The average molecular weight is 459 g/mol. The van der Waals surface area contributed by atoms with Crippen molar-refractivity contribution in [3.63, 3.8) is 0 Å². The third kappa shape index (κ3) is 6.72. The van der Waals surface area contributed by atoms with Gasteiger partial charge in [-0.15, -0.1) is 0 Å². The van der Waals surface area contributed by atoms with Crippen LogP contribution < -0.4 is 0 Å². The van der Waals surface area contributed by atoms with Crippen molar-refractivity contribution in [2.45, 2.75) is 109 Å². The fraction of sp³-hybridized carbons (Fsp3) is 0.562. The van der Waals surface area contributed by atoms with Gasteiger partial charge in [0.05, 0.1) is 8.07 Å². The van der Waals surface area contributed by atoms with Crippen LogP contribution in [0.2, 0.25) is 24.2 Å². The summed E-state index contributed by atoms with van der Waals surface area (Å²) >= 11 is 0. The average Bonchev–Trinajstić information content (AvgIpc) is 2.87. The summed E-state index contributed by atoms with van der Waals surface area (Å²) < 4.78 is 0. The number of unbranched alkanes of at least 4 members (excludes halogenated alkanes) is 4. The summed E-state index contributed by atoms with van der Waals surface area (Å²) in [7, 11) is -0.992. The highest BCUT2D eigenvalue weighted by Gasteiger charge is 2.37. The smallest absolute Gasteiger partial charge is 0.0577 e. The van der Waals surface area contributed by atoms with Crippen LogP contribution in [0.1, 0.15) is 89.2 Å². The molecule has 2 aliphatic rings.